The first-order valence-electron chi connectivity index (χ1n) is 8.49. The van der Waals surface area contributed by atoms with Gasteiger partial charge in [-0.15, -0.1) is 0 Å². The topological polar surface area (TPSA) is 81.2 Å². The minimum Gasteiger partial charge on any atom is -0.351 e. The van der Waals surface area contributed by atoms with Crippen molar-refractivity contribution < 1.29 is 9.32 Å². The fourth-order valence-corrected chi connectivity index (χ4v) is 3.24. The van der Waals surface area contributed by atoms with E-state index in [-0.39, 0.29) is 17.2 Å². The maximum Gasteiger partial charge on any atom is 0.292 e. The molecule has 1 aliphatic heterocycles. The second-order valence-electron chi connectivity index (χ2n) is 6.67. The molecule has 0 N–H and O–H groups in total. The van der Waals surface area contributed by atoms with Gasteiger partial charge in [-0.1, -0.05) is 5.16 Å². The maximum absolute atomic E-state index is 12.2. The van der Waals surface area contributed by atoms with Crippen LogP contribution in [0.1, 0.15) is 47.8 Å². The summed E-state index contributed by atoms with van der Waals surface area (Å²) in [5.41, 5.74) is 0.993. The summed E-state index contributed by atoms with van der Waals surface area (Å²) in [4.78, 5) is 26.0. The van der Waals surface area contributed by atoms with Crippen molar-refractivity contribution in [3.8, 4) is 0 Å². The van der Waals surface area contributed by atoms with Gasteiger partial charge in [0.25, 0.3) is 11.5 Å². The predicted octanol–water partition coefficient (Wildman–Crippen LogP) is 1.66. The van der Waals surface area contributed by atoms with E-state index in [4.69, 9.17) is 4.52 Å². The van der Waals surface area contributed by atoms with E-state index in [0.29, 0.717) is 31.5 Å². The van der Waals surface area contributed by atoms with Crippen LogP contribution in [0.15, 0.2) is 33.7 Å². The lowest BCUT2D eigenvalue weighted by Crippen LogP contribution is -2.40. The fourth-order valence-electron chi connectivity index (χ4n) is 3.24. The number of aromatic nitrogens is 3. The molecule has 0 aromatic carbocycles. The van der Waals surface area contributed by atoms with Crippen molar-refractivity contribution in [1.29, 1.82) is 0 Å². The van der Waals surface area contributed by atoms with E-state index in [1.54, 1.807) is 21.7 Å². The third-order valence-electron chi connectivity index (χ3n) is 4.86. The molecule has 2 aromatic heterocycles. The van der Waals surface area contributed by atoms with Crippen molar-refractivity contribution in [3.63, 3.8) is 0 Å². The van der Waals surface area contributed by atoms with E-state index in [2.05, 4.69) is 10.3 Å². The summed E-state index contributed by atoms with van der Waals surface area (Å²) in [7, 11) is 0. The molecule has 4 rings (SSSR count). The summed E-state index contributed by atoms with van der Waals surface area (Å²) in [6.07, 6.45) is 5.55. The van der Waals surface area contributed by atoms with Crippen molar-refractivity contribution in [3.05, 3.63) is 46.2 Å². The molecule has 2 aromatic rings. The molecule has 24 heavy (non-hydrogen) atoms. The SMILES string of the molecule is O=C(c1ccno1)N1CCC(Cn2nc(C3CC3)ccc2=O)CC1. The van der Waals surface area contributed by atoms with Crippen molar-refractivity contribution in [2.75, 3.05) is 13.1 Å². The zero-order chi connectivity index (χ0) is 16.5. The van der Waals surface area contributed by atoms with Gasteiger partial charge in [0.2, 0.25) is 5.76 Å². The molecule has 1 aliphatic carbocycles. The van der Waals surface area contributed by atoms with Crippen molar-refractivity contribution in [2.24, 2.45) is 5.92 Å². The molecule has 7 heteroatoms. The minimum absolute atomic E-state index is 0.0421. The summed E-state index contributed by atoms with van der Waals surface area (Å²) in [6.45, 7) is 1.96. The molecule has 2 aliphatic rings. The molecule has 1 saturated carbocycles. The third-order valence-corrected chi connectivity index (χ3v) is 4.86. The highest BCUT2D eigenvalue weighted by Crippen LogP contribution is 2.38. The van der Waals surface area contributed by atoms with Crippen LogP contribution in [0.25, 0.3) is 0 Å². The van der Waals surface area contributed by atoms with Crippen LogP contribution in [0.5, 0.6) is 0 Å². The average molecular weight is 328 g/mol. The number of carbonyl (C=O) groups is 1. The monoisotopic (exact) mass is 328 g/mol. The number of piperidine rings is 1. The van der Waals surface area contributed by atoms with E-state index >= 15 is 0 Å². The summed E-state index contributed by atoms with van der Waals surface area (Å²) >= 11 is 0. The molecular formula is C17H20N4O3. The molecule has 1 amide bonds. The van der Waals surface area contributed by atoms with Gasteiger partial charge in [0.15, 0.2) is 0 Å². The molecule has 0 unspecified atom stereocenters. The lowest BCUT2D eigenvalue weighted by molar-refractivity contribution is 0.0639. The summed E-state index contributed by atoms with van der Waals surface area (Å²) in [5, 5.41) is 8.10. The minimum atomic E-state index is -0.114. The molecule has 2 fully saturated rings. The van der Waals surface area contributed by atoms with E-state index in [1.165, 1.54) is 19.0 Å². The van der Waals surface area contributed by atoms with E-state index < -0.39 is 0 Å². The number of likely N-dealkylation sites (tertiary alicyclic amines) is 1. The number of hydrogen-bond acceptors (Lipinski definition) is 5. The Morgan fingerprint density at radius 1 is 1.17 bits per heavy atom. The van der Waals surface area contributed by atoms with Gasteiger partial charge in [0.05, 0.1) is 11.9 Å². The highest BCUT2D eigenvalue weighted by atomic mass is 16.5. The maximum atomic E-state index is 12.2. The van der Waals surface area contributed by atoms with Crippen molar-refractivity contribution >= 4 is 5.91 Å². The molecule has 0 spiro atoms. The third kappa shape index (κ3) is 3.11. The smallest absolute Gasteiger partial charge is 0.292 e. The Hall–Kier alpha value is -2.44. The molecule has 0 radical (unpaired) electrons. The van der Waals surface area contributed by atoms with Gasteiger partial charge in [-0.05, 0) is 37.7 Å². The van der Waals surface area contributed by atoms with E-state index in [0.717, 1.165) is 18.5 Å². The normalized spacial score (nSPS) is 18.8. The van der Waals surface area contributed by atoms with Crippen molar-refractivity contribution in [2.45, 2.75) is 38.1 Å². The van der Waals surface area contributed by atoms with Gasteiger partial charge in [-0.3, -0.25) is 9.59 Å². The number of rotatable bonds is 4. The largest absolute Gasteiger partial charge is 0.351 e. The average Bonchev–Trinajstić information content (AvgIpc) is 3.31. The summed E-state index contributed by atoms with van der Waals surface area (Å²) < 4.78 is 6.53. The van der Waals surface area contributed by atoms with Gasteiger partial charge in [-0.25, -0.2) is 4.68 Å². The zero-order valence-electron chi connectivity index (χ0n) is 13.4. The lowest BCUT2D eigenvalue weighted by atomic mass is 9.96. The molecule has 3 heterocycles. The van der Waals surface area contributed by atoms with E-state index in [1.807, 2.05) is 6.07 Å². The molecular weight excluding hydrogens is 308 g/mol. The van der Waals surface area contributed by atoms with Crippen LogP contribution in [0.2, 0.25) is 0 Å². The molecule has 0 bridgehead atoms. The molecule has 1 saturated heterocycles. The molecule has 126 valence electrons. The van der Waals surface area contributed by atoms with Crippen molar-refractivity contribution in [1.82, 2.24) is 19.8 Å². The van der Waals surface area contributed by atoms with Crippen LogP contribution < -0.4 is 5.56 Å². The second kappa shape index (κ2) is 6.22. The van der Waals surface area contributed by atoms with Crippen LogP contribution in [-0.2, 0) is 6.54 Å². The summed E-state index contributed by atoms with van der Waals surface area (Å²) in [6, 6.07) is 5.07. The number of carbonyl (C=O) groups excluding carboxylic acids is 1. The zero-order valence-corrected chi connectivity index (χ0v) is 13.4. The van der Waals surface area contributed by atoms with Crippen LogP contribution in [0.3, 0.4) is 0 Å². The van der Waals surface area contributed by atoms with Gasteiger partial charge in [0.1, 0.15) is 0 Å². The Kier molecular flexibility index (Phi) is 3.92. The predicted molar refractivity (Wildman–Crippen MR) is 85.6 cm³/mol. The lowest BCUT2D eigenvalue weighted by Gasteiger charge is -2.31. The van der Waals surface area contributed by atoms with Gasteiger partial charge < -0.3 is 9.42 Å². The number of nitrogens with zero attached hydrogens (tertiary/aromatic N) is 4. The Labute approximate surface area is 139 Å². The van der Waals surface area contributed by atoms with Gasteiger partial charge >= 0.3 is 0 Å². The van der Waals surface area contributed by atoms with Crippen LogP contribution in [0.4, 0.5) is 0 Å². The highest BCUT2D eigenvalue weighted by Gasteiger charge is 2.28. The van der Waals surface area contributed by atoms with Crippen LogP contribution >= 0.6 is 0 Å². The highest BCUT2D eigenvalue weighted by molar-refractivity contribution is 5.91. The first-order valence-corrected chi connectivity index (χ1v) is 8.49. The Balaban J connectivity index is 1.37. The Morgan fingerprint density at radius 2 is 1.96 bits per heavy atom. The van der Waals surface area contributed by atoms with E-state index in [9.17, 15) is 9.59 Å². The van der Waals surface area contributed by atoms with Crippen LogP contribution in [-0.4, -0.2) is 38.8 Å². The quantitative estimate of drug-likeness (QED) is 0.852. The Bertz CT molecular complexity index is 771. The molecule has 0 atom stereocenters. The Morgan fingerprint density at radius 3 is 2.62 bits per heavy atom. The number of hydrogen-bond donors (Lipinski definition) is 0. The first kappa shape index (κ1) is 15.1. The standard InChI is InChI=1S/C17H20N4O3/c22-16-4-3-14(13-1-2-13)19-21(16)11-12-6-9-20(10-7-12)17(23)15-5-8-18-24-15/h3-5,8,12-13H,1-2,6-7,9-11H2. The van der Waals surface area contributed by atoms with Gasteiger partial charge in [0, 0.05) is 37.7 Å². The van der Waals surface area contributed by atoms with Crippen LogP contribution in [0, 0.1) is 5.92 Å². The fraction of sp³-hybridized carbons (Fsp3) is 0.529. The summed E-state index contributed by atoms with van der Waals surface area (Å²) in [5.74, 6) is 1.07. The second-order valence-corrected chi connectivity index (χ2v) is 6.67. The molecule has 7 nitrogen and oxygen atoms in total. The van der Waals surface area contributed by atoms with Gasteiger partial charge in [-0.2, -0.15) is 5.10 Å². The first-order chi connectivity index (χ1) is 11.7. The number of amides is 1.